The molecular weight excluding hydrogens is 292 g/mol. The van der Waals surface area contributed by atoms with Crippen molar-refractivity contribution in [3.8, 4) is 0 Å². The fraction of sp³-hybridized carbons (Fsp3) is 0.643. The first-order chi connectivity index (χ1) is 10.1. The van der Waals surface area contributed by atoms with Gasteiger partial charge in [-0.25, -0.2) is 14.4 Å². The fourth-order valence-electron chi connectivity index (χ4n) is 2.08. The van der Waals surface area contributed by atoms with Crippen LogP contribution in [0.5, 0.6) is 0 Å². The Labute approximate surface area is 129 Å². The van der Waals surface area contributed by atoms with Gasteiger partial charge in [-0.1, -0.05) is 6.08 Å². The van der Waals surface area contributed by atoms with Gasteiger partial charge >= 0.3 is 18.2 Å². The summed E-state index contributed by atoms with van der Waals surface area (Å²) in [7, 11) is 1.25. The van der Waals surface area contributed by atoms with Crippen molar-refractivity contribution in [2.24, 2.45) is 5.92 Å². The summed E-state index contributed by atoms with van der Waals surface area (Å²) in [5.41, 5.74) is -0.632. The summed E-state index contributed by atoms with van der Waals surface area (Å²) in [4.78, 5) is 35.4. The van der Waals surface area contributed by atoms with Gasteiger partial charge in [0.25, 0.3) is 0 Å². The van der Waals surface area contributed by atoms with E-state index in [1.165, 1.54) is 24.2 Å². The highest BCUT2D eigenvalue weighted by Gasteiger charge is 2.36. The van der Waals surface area contributed by atoms with E-state index in [1.807, 2.05) is 0 Å². The van der Waals surface area contributed by atoms with Crippen LogP contribution in [0.1, 0.15) is 20.8 Å². The van der Waals surface area contributed by atoms with Crippen LogP contribution in [0, 0.1) is 5.92 Å². The Hall–Kier alpha value is -2.25. The largest absolute Gasteiger partial charge is 0.466 e. The van der Waals surface area contributed by atoms with E-state index in [0.717, 1.165) is 0 Å². The number of nitrogens with one attached hydrogen (secondary N) is 1. The summed E-state index contributed by atoms with van der Waals surface area (Å²) in [6.07, 6.45) is 1.06. The first-order valence-electron chi connectivity index (χ1n) is 6.86. The topological polar surface area (TPSA) is 105 Å². The summed E-state index contributed by atoms with van der Waals surface area (Å²) in [6, 6.07) is -0.508. The molecule has 0 aromatic heterocycles. The number of carbonyl (C=O) groups is 3. The normalized spacial score (nSPS) is 21.7. The van der Waals surface area contributed by atoms with Crippen molar-refractivity contribution in [2.75, 3.05) is 20.2 Å². The maximum Gasteiger partial charge on any atom is 0.410 e. The molecule has 8 heteroatoms. The average molecular weight is 314 g/mol. The van der Waals surface area contributed by atoms with Crippen molar-refractivity contribution in [1.82, 2.24) is 10.2 Å². The number of ether oxygens (including phenoxy) is 2. The third kappa shape index (κ3) is 5.63. The Kier molecular flexibility index (Phi) is 5.78. The number of likely N-dealkylation sites (tertiary alicyclic amines) is 1. The van der Waals surface area contributed by atoms with Crippen LogP contribution in [0.2, 0.25) is 0 Å². The summed E-state index contributed by atoms with van der Waals surface area (Å²) >= 11 is 0. The summed E-state index contributed by atoms with van der Waals surface area (Å²) < 4.78 is 9.76. The molecule has 1 aliphatic rings. The van der Waals surface area contributed by atoms with Crippen LogP contribution in [0.3, 0.4) is 0 Å². The molecule has 0 aliphatic carbocycles. The van der Waals surface area contributed by atoms with Crippen LogP contribution >= 0.6 is 0 Å². The SMILES string of the molecule is COC(=O)/C=C/[C@@H]1CN(C(=O)OC(C)(C)C)C[C@H]1NC(=O)O. The van der Waals surface area contributed by atoms with Gasteiger partial charge in [-0.15, -0.1) is 0 Å². The summed E-state index contributed by atoms with van der Waals surface area (Å²) in [5.74, 6) is -0.868. The van der Waals surface area contributed by atoms with Gasteiger partial charge in [-0.05, 0) is 20.8 Å². The maximum absolute atomic E-state index is 12.0. The number of carboxylic acid groups (broad SMARTS) is 1. The molecule has 1 heterocycles. The molecule has 0 spiro atoms. The number of hydrogen-bond donors (Lipinski definition) is 2. The van der Waals surface area contributed by atoms with Gasteiger partial charge in [-0.3, -0.25) is 0 Å². The molecule has 124 valence electrons. The molecule has 1 aliphatic heterocycles. The number of hydrogen-bond acceptors (Lipinski definition) is 5. The predicted octanol–water partition coefficient (Wildman–Crippen LogP) is 1.22. The van der Waals surface area contributed by atoms with Gasteiger partial charge < -0.3 is 24.8 Å². The molecule has 0 unspecified atom stereocenters. The molecule has 0 bridgehead atoms. The van der Waals surface area contributed by atoms with E-state index in [4.69, 9.17) is 9.84 Å². The fourth-order valence-corrected chi connectivity index (χ4v) is 2.08. The molecule has 2 amide bonds. The number of amides is 2. The third-order valence-electron chi connectivity index (χ3n) is 3.01. The zero-order valence-electron chi connectivity index (χ0n) is 13.2. The van der Waals surface area contributed by atoms with E-state index in [0.29, 0.717) is 0 Å². The molecular formula is C14H22N2O6. The van der Waals surface area contributed by atoms with Crippen molar-refractivity contribution in [2.45, 2.75) is 32.4 Å². The van der Waals surface area contributed by atoms with Gasteiger partial charge in [-0.2, -0.15) is 0 Å². The highest BCUT2D eigenvalue weighted by molar-refractivity contribution is 5.81. The second kappa shape index (κ2) is 7.15. The maximum atomic E-state index is 12.0. The highest BCUT2D eigenvalue weighted by Crippen LogP contribution is 2.21. The Morgan fingerprint density at radius 2 is 1.91 bits per heavy atom. The van der Waals surface area contributed by atoms with E-state index < -0.39 is 29.8 Å². The molecule has 0 aromatic carbocycles. The number of nitrogens with zero attached hydrogens (tertiary/aromatic N) is 1. The van der Waals surface area contributed by atoms with E-state index in [-0.39, 0.29) is 19.0 Å². The van der Waals surface area contributed by atoms with Crippen LogP contribution in [-0.2, 0) is 14.3 Å². The average Bonchev–Trinajstić information content (AvgIpc) is 2.76. The Balaban J connectivity index is 2.77. The minimum Gasteiger partial charge on any atom is -0.466 e. The van der Waals surface area contributed by atoms with Crippen LogP contribution in [0.4, 0.5) is 9.59 Å². The zero-order chi connectivity index (χ0) is 16.9. The minimum absolute atomic E-state index is 0.178. The lowest BCUT2D eigenvalue weighted by Crippen LogP contribution is -2.40. The van der Waals surface area contributed by atoms with E-state index in [9.17, 15) is 14.4 Å². The molecule has 1 saturated heterocycles. The second-order valence-corrected chi connectivity index (χ2v) is 5.99. The quantitative estimate of drug-likeness (QED) is 0.599. The Morgan fingerprint density at radius 3 is 2.41 bits per heavy atom. The molecule has 22 heavy (non-hydrogen) atoms. The Morgan fingerprint density at radius 1 is 1.27 bits per heavy atom. The highest BCUT2D eigenvalue weighted by atomic mass is 16.6. The predicted molar refractivity (Wildman–Crippen MR) is 77.4 cm³/mol. The van der Waals surface area contributed by atoms with Gasteiger partial charge in [0, 0.05) is 25.1 Å². The van der Waals surface area contributed by atoms with E-state index in [1.54, 1.807) is 20.8 Å². The first kappa shape index (κ1) is 17.8. The van der Waals surface area contributed by atoms with Crippen LogP contribution < -0.4 is 5.32 Å². The Bertz CT molecular complexity index is 468. The summed E-state index contributed by atoms with van der Waals surface area (Å²) in [6.45, 7) is 5.69. The summed E-state index contributed by atoms with van der Waals surface area (Å²) in [5, 5.41) is 11.2. The smallest absolute Gasteiger partial charge is 0.410 e. The number of methoxy groups -OCH3 is 1. The van der Waals surface area contributed by atoms with Crippen LogP contribution in [0.25, 0.3) is 0 Å². The monoisotopic (exact) mass is 314 g/mol. The van der Waals surface area contributed by atoms with Crippen molar-refractivity contribution < 1.29 is 29.0 Å². The number of esters is 1. The molecule has 0 saturated carbocycles. The van der Waals surface area contributed by atoms with Gasteiger partial charge in [0.15, 0.2) is 0 Å². The van der Waals surface area contributed by atoms with Gasteiger partial charge in [0.2, 0.25) is 0 Å². The number of carbonyl (C=O) groups excluding carboxylic acids is 2. The van der Waals surface area contributed by atoms with Crippen molar-refractivity contribution in [3.05, 3.63) is 12.2 Å². The lowest BCUT2D eigenvalue weighted by molar-refractivity contribution is -0.134. The third-order valence-corrected chi connectivity index (χ3v) is 3.01. The van der Waals surface area contributed by atoms with E-state index in [2.05, 4.69) is 10.1 Å². The van der Waals surface area contributed by atoms with Crippen molar-refractivity contribution in [1.29, 1.82) is 0 Å². The van der Waals surface area contributed by atoms with Crippen LogP contribution in [0.15, 0.2) is 12.2 Å². The molecule has 1 fully saturated rings. The lowest BCUT2D eigenvalue weighted by Gasteiger charge is -2.24. The van der Waals surface area contributed by atoms with Crippen molar-refractivity contribution >= 4 is 18.2 Å². The lowest BCUT2D eigenvalue weighted by atomic mass is 10.0. The molecule has 8 nitrogen and oxygen atoms in total. The molecule has 2 atom stereocenters. The molecule has 0 radical (unpaired) electrons. The molecule has 2 N–H and O–H groups in total. The number of rotatable bonds is 3. The van der Waals surface area contributed by atoms with Crippen molar-refractivity contribution in [3.63, 3.8) is 0 Å². The van der Waals surface area contributed by atoms with Crippen LogP contribution in [-0.4, -0.2) is 60.0 Å². The molecule has 0 aromatic rings. The minimum atomic E-state index is -1.19. The molecule has 1 rings (SSSR count). The van der Waals surface area contributed by atoms with Gasteiger partial charge in [0.05, 0.1) is 13.2 Å². The van der Waals surface area contributed by atoms with Gasteiger partial charge in [0.1, 0.15) is 5.60 Å². The van der Waals surface area contributed by atoms with E-state index >= 15 is 0 Å². The standard InChI is InChI=1S/C14H22N2O6/c1-14(2,3)22-13(20)16-7-9(5-6-11(17)21-4)10(8-16)15-12(18)19/h5-6,9-10,15H,7-8H2,1-4H3,(H,18,19)/b6-5+/t9-,10-/m1/s1. The first-order valence-corrected chi connectivity index (χ1v) is 6.86. The second-order valence-electron chi connectivity index (χ2n) is 5.99. The zero-order valence-corrected chi connectivity index (χ0v) is 13.2.